The number of halogens is 5. The third-order valence-corrected chi connectivity index (χ3v) is 4.06. The largest absolute Gasteiger partial charge is 0.418 e. The third-order valence-electron chi connectivity index (χ3n) is 4.06. The summed E-state index contributed by atoms with van der Waals surface area (Å²) in [6, 6.07) is 5.63. The Kier molecular flexibility index (Phi) is 5.29. The molecule has 0 saturated carbocycles. The lowest BCUT2D eigenvalue weighted by Gasteiger charge is -2.16. The van der Waals surface area contributed by atoms with Gasteiger partial charge in [-0.25, -0.2) is 8.78 Å². The Bertz CT molecular complexity index is 1110. The number of hydrogen-bond donors (Lipinski definition) is 3. The van der Waals surface area contributed by atoms with E-state index in [2.05, 4.69) is 5.32 Å². The van der Waals surface area contributed by atoms with Crippen molar-refractivity contribution in [1.82, 2.24) is 5.32 Å². The fourth-order valence-corrected chi connectivity index (χ4v) is 2.83. The maximum atomic E-state index is 14.1. The van der Waals surface area contributed by atoms with Crippen LogP contribution in [0.15, 0.2) is 42.1 Å². The van der Waals surface area contributed by atoms with Gasteiger partial charge in [0.2, 0.25) is 5.91 Å². The minimum absolute atomic E-state index is 0.273. The van der Waals surface area contributed by atoms with Crippen LogP contribution in [0.5, 0.6) is 0 Å². The number of nitrogens with one attached hydrogen (secondary N) is 3. The van der Waals surface area contributed by atoms with Gasteiger partial charge >= 0.3 is 6.18 Å². The van der Waals surface area contributed by atoms with Crippen molar-refractivity contribution >= 4 is 34.7 Å². The molecule has 0 atom stereocenters. The highest BCUT2D eigenvalue weighted by atomic mass is 19.4. The number of imide groups is 1. The molecule has 1 heterocycles. The van der Waals surface area contributed by atoms with E-state index in [1.54, 1.807) is 0 Å². The molecule has 11 heteroatoms. The van der Waals surface area contributed by atoms with Crippen LogP contribution in [0.1, 0.15) is 18.1 Å². The van der Waals surface area contributed by atoms with E-state index in [1.165, 1.54) is 0 Å². The van der Waals surface area contributed by atoms with Crippen LogP contribution in [0.4, 0.5) is 33.3 Å². The van der Waals surface area contributed by atoms with Crippen molar-refractivity contribution in [1.29, 1.82) is 0 Å². The second-order valence-corrected chi connectivity index (χ2v) is 6.20. The molecular formula is C19H12F5N3O3. The smallest absolute Gasteiger partial charge is 0.350 e. The highest BCUT2D eigenvalue weighted by molar-refractivity contribution is 6.36. The molecule has 0 aliphatic carbocycles. The normalized spacial score (nSPS) is 14.1. The highest BCUT2D eigenvalue weighted by Gasteiger charge is 2.36. The molecule has 2 aromatic rings. The first-order valence-electron chi connectivity index (χ1n) is 8.29. The second-order valence-electron chi connectivity index (χ2n) is 6.20. The molecular weight excluding hydrogens is 413 g/mol. The van der Waals surface area contributed by atoms with Crippen molar-refractivity contribution in [2.75, 3.05) is 10.6 Å². The topological polar surface area (TPSA) is 87.3 Å². The van der Waals surface area contributed by atoms with E-state index in [1.807, 2.05) is 10.6 Å². The minimum Gasteiger partial charge on any atom is -0.350 e. The summed E-state index contributed by atoms with van der Waals surface area (Å²) < 4.78 is 67.8. The summed E-state index contributed by atoms with van der Waals surface area (Å²) >= 11 is 0. The fraction of sp³-hybridized carbons (Fsp3) is 0.105. The van der Waals surface area contributed by atoms with Crippen LogP contribution in [0, 0.1) is 11.6 Å². The highest BCUT2D eigenvalue weighted by Crippen LogP contribution is 2.37. The predicted molar refractivity (Wildman–Crippen MR) is 95.8 cm³/mol. The summed E-state index contributed by atoms with van der Waals surface area (Å²) in [4.78, 5) is 35.4. The van der Waals surface area contributed by atoms with Crippen molar-refractivity contribution in [3.05, 3.63) is 64.9 Å². The first-order chi connectivity index (χ1) is 14.0. The molecule has 1 aliphatic rings. The zero-order valence-corrected chi connectivity index (χ0v) is 15.1. The average Bonchev–Trinajstić information content (AvgIpc) is 2.91. The molecule has 0 fully saturated rings. The Hall–Kier alpha value is -3.76. The van der Waals surface area contributed by atoms with Crippen LogP contribution in [-0.4, -0.2) is 17.7 Å². The van der Waals surface area contributed by atoms with Crippen molar-refractivity contribution in [2.45, 2.75) is 13.1 Å². The molecule has 0 radical (unpaired) electrons. The van der Waals surface area contributed by atoms with Crippen molar-refractivity contribution in [2.24, 2.45) is 0 Å². The van der Waals surface area contributed by atoms with Crippen LogP contribution in [0.3, 0.4) is 0 Å². The maximum Gasteiger partial charge on any atom is 0.418 e. The second kappa shape index (κ2) is 7.58. The molecule has 0 aromatic heterocycles. The monoisotopic (exact) mass is 425 g/mol. The molecule has 30 heavy (non-hydrogen) atoms. The van der Waals surface area contributed by atoms with E-state index >= 15 is 0 Å². The Morgan fingerprint density at radius 2 is 1.73 bits per heavy atom. The van der Waals surface area contributed by atoms with Gasteiger partial charge in [-0.3, -0.25) is 19.7 Å². The molecule has 0 saturated heterocycles. The zero-order chi connectivity index (χ0) is 22.2. The predicted octanol–water partition coefficient (Wildman–Crippen LogP) is 3.42. The first-order valence-corrected chi connectivity index (χ1v) is 8.29. The average molecular weight is 425 g/mol. The summed E-state index contributed by atoms with van der Waals surface area (Å²) in [7, 11) is 0. The standard InChI is InChI=1S/C19H12F5N3O3/c1-8(28)25-13-6-5-9(7-11(13)19(22,23)24)26-16-14(17(29)27-18(16)30)10-3-2-4-12(20)15(10)21/h2-7H,1H3,(H,25,28)(H2,26,27,29,30). The Morgan fingerprint density at radius 1 is 1.03 bits per heavy atom. The lowest BCUT2D eigenvalue weighted by Crippen LogP contribution is -2.24. The minimum atomic E-state index is -4.85. The van der Waals surface area contributed by atoms with E-state index in [0.29, 0.717) is 6.07 Å². The van der Waals surface area contributed by atoms with E-state index in [0.717, 1.165) is 37.3 Å². The van der Waals surface area contributed by atoms with Crippen molar-refractivity contribution in [3.63, 3.8) is 0 Å². The number of carbonyl (C=O) groups is 3. The van der Waals surface area contributed by atoms with E-state index in [4.69, 9.17) is 0 Å². The van der Waals surface area contributed by atoms with Crippen LogP contribution in [-0.2, 0) is 20.6 Å². The van der Waals surface area contributed by atoms with Gasteiger partial charge in [-0.05, 0) is 24.3 Å². The summed E-state index contributed by atoms with van der Waals surface area (Å²) in [5, 5.41) is 6.28. The molecule has 1 aliphatic heterocycles. The lowest BCUT2D eigenvalue weighted by molar-refractivity contribution is -0.137. The number of alkyl halides is 3. The van der Waals surface area contributed by atoms with Crippen LogP contribution in [0.2, 0.25) is 0 Å². The molecule has 3 N–H and O–H groups in total. The van der Waals surface area contributed by atoms with Crippen LogP contribution in [0.25, 0.3) is 5.57 Å². The van der Waals surface area contributed by atoms with Gasteiger partial charge in [0.1, 0.15) is 5.70 Å². The van der Waals surface area contributed by atoms with Gasteiger partial charge in [0.15, 0.2) is 11.6 Å². The number of amides is 3. The molecule has 0 unspecified atom stereocenters. The van der Waals surface area contributed by atoms with E-state index < -0.39 is 63.6 Å². The summed E-state index contributed by atoms with van der Waals surface area (Å²) in [6.45, 7) is 1.03. The molecule has 3 amide bonds. The molecule has 6 nitrogen and oxygen atoms in total. The zero-order valence-electron chi connectivity index (χ0n) is 15.1. The van der Waals surface area contributed by atoms with Gasteiger partial charge in [0.05, 0.1) is 16.8 Å². The van der Waals surface area contributed by atoms with Gasteiger partial charge < -0.3 is 10.6 Å². The number of hydrogen-bond acceptors (Lipinski definition) is 4. The number of carbonyl (C=O) groups excluding carboxylic acids is 3. The fourth-order valence-electron chi connectivity index (χ4n) is 2.83. The quantitative estimate of drug-likeness (QED) is 0.518. The van der Waals surface area contributed by atoms with Crippen molar-refractivity contribution in [3.8, 4) is 0 Å². The van der Waals surface area contributed by atoms with Gasteiger partial charge in [0.25, 0.3) is 11.8 Å². The van der Waals surface area contributed by atoms with E-state index in [-0.39, 0.29) is 5.69 Å². The molecule has 0 bridgehead atoms. The van der Waals surface area contributed by atoms with Gasteiger partial charge in [0, 0.05) is 18.2 Å². The first kappa shape index (κ1) is 21.0. The molecule has 2 aromatic carbocycles. The van der Waals surface area contributed by atoms with Crippen LogP contribution >= 0.6 is 0 Å². The van der Waals surface area contributed by atoms with Gasteiger partial charge in [-0.1, -0.05) is 12.1 Å². The number of benzene rings is 2. The third kappa shape index (κ3) is 4.00. The Labute approximate surface area is 165 Å². The number of rotatable bonds is 4. The van der Waals surface area contributed by atoms with Crippen LogP contribution < -0.4 is 16.0 Å². The SMILES string of the molecule is CC(=O)Nc1ccc(NC2=C(c3cccc(F)c3F)C(=O)NC2=O)cc1C(F)(F)F. The summed E-state index contributed by atoms with van der Waals surface area (Å²) in [5.41, 5.74) is -3.65. The number of anilines is 2. The molecule has 0 spiro atoms. The summed E-state index contributed by atoms with van der Waals surface area (Å²) in [5.74, 6) is -5.47. The Balaban J connectivity index is 2.10. The molecule has 3 rings (SSSR count). The molecule has 156 valence electrons. The van der Waals surface area contributed by atoms with Gasteiger partial charge in [-0.2, -0.15) is 13.2 Å². The Morgan fingerprint density at radius 3 is 2.37 bits per heavy atom. The lowest BCUT2D eigenvalue weighted by atomic mass is 10.0. The maximum absolute atomic E-state index is 14.1. The summed E-state index contributed by atoms with van der Waals surface area (Å²) in [6.07, 6.45) is -4.85. The van der Waals surface area contributed by atoms with E-state index in [9.17, 15) is 36.3 Å². The van der Waals surface area contributed by atoms with Crippen molar-refractivity contribution < 1.29 is 36.3 Å². The van der Waals surface area contributed by atoms with Gasteiger partial charge in [-0.15, -0.1) is 0 Å².